The van der Waals surface area contributed by atoms with Gasteiger partial charge in [0.05, 0.1) is 26.7 Å². The maximum atomic E-state index is 13.7. The van der Waals surface area contributed by atoms with Crippen molar-refractivity contribution in [3.8, 4) is 11.1 Å². The highest BCUT2D eigenvalue weighted by Gasteiger charge is 2.33. The summed E-state index contributed by atoms with van der Waals surface area (Å²) in [5, 5.41) is 0.304. The second-order valence-corrected chi connectivity index (χ2v) is 8.54. The average molecular weight is 519 g/mol. The van der Waals surface area contributed by atoms with E-state index in [0.29, 0.717) is 0 Å². The van der Waals surface area contributed by atoms with Crippen LogP contribution < -0.4 is 5.73 Å². The van der Waals surface area contributed by atoms with Crippen molar-refractivity contribution in [2.24, 2.45) is 5.73 Å². The number of carbonyl (C=O) groups excluding carboxylic acids is 3. The quantitative estimate of drug-likeness (QED) is 0.307. The number of primary amides is 1. The summed E-state index contributed by atoms with van der Waals surface area (Å²) in [6, 6.07) is 11.1. The summed E-state index contributed by atoms with van der Waals surface area (Å²) in [6.07, 6.45) is -3.29. The van der Waals surface area contributed by atoms with Crippen LogP contribution in [-0.2, 0) is 6.18 Å². The minimum Gasteiger partial charge on any atom is -0.366 e. The molecule has 2 heterocycles. The Morgan fingerprint density at radius 3 is 2.23 bits per heavy atom. The van der Waals surface area contributed by atoms with Crippen molar-refractivity contribution in [1.82, 2.24) is 4.40 Å². The first kappa shape index (κ1) is 24.5. The van der Waals surface area contributed by atoms with Gasteiger partial charge in [0.15, 0.2) is 5.78 Å². The number of aromatic nitrogens is 1. The lowest BCUT2D eigenvalue weighted by Crippen LogP contribution is -2.12. The molecule has 0 saturated carbocycles. The van der Waals surface area contributed by atoms with E-state index in [1.165, 1.54) is 60.0 Å². The van der Waals surface area contributed by atoms with Gasteiger partial charge in [-0.3, -0.25) is 14.4 Å². The molecule has 0 spiro atoms. The number of hydrogen-bond donors (Lipinski definition) is 1. The van der Waals surface area contributed by atoms with Gasteiger partial charge in [0.1, 0.15) is 5.69 Å². The van der Waals surface area contributed by atoms with E-state index < -0.39 is 29.2 Å². The van der Waals surface area contributed by atoms with E-state index in [2.05, 4.69) is 0 Å². The molecule has 4 aromatic rings. The molecule has 0 unspecified atom stereocenters. The molecule has 178 valence electrons. The molecule has 0 aliphatic heterocycles. The van der Waals surface area contributed by atoms with Gasteiger partial charge in [-0.15, -0.1) is 0 Å². The van der Waals surface area contributed by atoms with Crippen molar-refractivity contribution in [2.75, 3.05) is 0 Å². The molecule has 0 saturated heterocycles. The number of ketones is 2. The van der Waals surface area contributed by atoms with Crippen molar-refractivity contribution < 1.29 is 27.6 Å². The van der Waals surface area contributed by atoms with Crippen LogP contribution in [0.5, 0.6) is 0 Å². The zero-order valence-electron chi connectivity index (χ0n) is 17.9. The molecule has 1 amide bonds. The lowest BCUT2D eigenvalue weighted by molar-refractivity contribution is -0.137. The average Bonchev–Trinajstić information content (AvgIpc) is 3.14. The minimum atomic E-state index is -4.65. The predicted molar refractivity (Wildman–Crippen MR) is 126 cm³/mol. The van der Waals surface area contributed by atoms with Crippen molar-refractivity contribution in [1.29, 1.82) is 0 Å². The molecule has 2 N–H and O–H groups in total. The Kier molecular flexibility index (Phi) is 6.21. The molecule has 0 atom stereocenters. The second kappa shape index (κ2) is 8.87. The summed E-state index contributed by atoms with van der Waals surface area (Å²) < 4.78 is 41.8. The molecule has 5 nitrogen and oxygen atoms in total. The van der Waals surface area contributed by atoms with Crippen LogP contribution in [0.2, 0.25) is 10.0 Å². The maximum Gasteiger partial charge on any atom is 0.416 e. The predicted octanol–water partition coefficient (Wildman–Crippen LogP) is 6.46. The molecule has 10 heteroatoms. The minimum absolute atomic E-state index is 0.00207. The molecule has 0 aliphatic rings. The number of fused-ring (bicyclic) bond motifs is 1. The summed E-state index contributed by atoms with van der Waals surface area (Å²) >= 11 is 12.0. The highest BCUT2D eigenvalue weighted by Crippen LogP contribution is 2.39. The summed E-state index contributed by atoms with van der Waals surface area (Å²) in [6.45, 7) is 1.22. The van der Waals surface area contributed by atoms with Crippen LogP contribution in [0.1, 0.15) is 49.3 Å². The largest absolute Gasteiger partial charge is 0.416 e. The molecule has 0 radical (unpaired) electrons. The van der Waals surface area contributed by atoms with Gasteiger partial charge >= 0.3 is 6.18 Å². The molecular weight excluding hydrogens is 504 g/mol. The summed E-state index contributed by atoms with van der Waals surface area (Å²) in [4.78, 5) is 38.3. The zero-order valence-corrected chi connectivity index (χ0v) is 19.4. The summed E-state index contributed by atoms with van der Waals surface area (Å²) in [5.41, 5.74) is 4.60. The standard InChI is InChI=1S/C25H15Cl2F3N2O3/c1-12(33)20-19-11-15(24(31)35)7-8-32(19)22(23(34)14-5-6-17(26)18(27)10-14)21(20)13-3-2-4-16(9-13)25(28,29)30/h2-11H,1H3,(H2,31,35). The first-order valence-electron chi connectivity index (χ1n) is 10.1. The molecule has 0 fully saturated rings. The third-order valence-corrected chi connectivity index (χ3v) is 6.19. The number of Topliss-reactive ketones (excluding diaryl/α,β-unsaturated/α-hetero) is 1. The Morgan fingerprint density at radius 1 is 0.914 bits per heavy atom. The van der Waals surface area contributed by atoms with Crippen molar-refractivity contribution in [2.45, 2.75) is 13.1 Å². The number of carbonyl (C=O) groups is 3. The van der Waals surface area contributed by atoms with Gasteiger partial charge in [0, 0.05) is 22.9 Å². The second-order valence-electron chi connectivity index (χ2n) is 7.73. The van der Waals surface area contributed by atoms with Crippen LogP contribution in [0, 0.1) is 0 Å². The normalized spacial score (nSPS) is 11.6. The molecule has 0 bridgehead atoms. The lowest BCUT2D eigenvalue weighted by Gasteiger charge is -2.11. The zero-order chi connectivity index (χ0) is 25.7. The fourth-order valence-corrected chi connectivity index (χ4v) is 4.19. The summed E-state index contributed by atoms with van der Waals surface area (Å²) in [7, 11) is 0. The molecule has 2 aromatic carbocycles. The Labute approximate surface area is 206 Å². The molecular formula is C25H15Cl2F3N2O3. The number of hydrogen-bond acceptors (Lipinski definition) is 3. The lowest BCUT2D eigenvalue weighted by atomic mass is 9.94. The van der Waals surface area contributed by atoms with E-state index >= 15 is 0 Å². The number of nitrogens with zero attached hydrogens (tertiary/aromatic N) is 1. The van der Waals surface area contributed by atoms with Gasteiger partial charge in [-0.05, 0) is 55.0 Å². The van der Waals surface area contributed by atoms with E-state index in [-0.39, 0.29) is 49.1 Å². The highest BCUT2D eigenvalue weighted by atomic mass is 35.5. The Balaban J connectivity index is 2.13. The van der Waals surface area contributed by atoms with Crippen molar-refractivity contribution in [3.05, 3.63) is 98.8 Å². The van der Waals surface area contributed by atoms with Crippen LogP contribution in [0.15, 0.2) is 60.8 Å². The molecule has 4 rings (SSSR count). The SMILES string of the molecule is CC(=O)c1c(-c2cccc(C(F)(F)F)c2)c(C(=O)c2ccc(Cl)c(Cl)c2)n2ccc(C(N)=O)cc12. The number of benzene rings is 2. The monoisotopic (exact) mass is 518 g/mol. The fraction of sp³-hybridized carbons (Fsp3) is 0.0800. The third kappa shape index (κ3) is 4.42. The maximum absolute atomic E-state index is 13.7. The third-order valence-electron chi connectivity index (χ3n) is 5.45. The number of rotatable bonds is 5. The Bertz CT molecular complexity index is 1540. The van der Waals surface area contributed by atoms with Crippen LogP contribution >= 0.6 is 23.2 Å². The number of halogens is 5. The topological polar surface area (TPSA) is 81.6 Å². The smallest absolute Gasteiger partial charge is 0.366 e. The fourth-order valence-electron chi connectivity index (χ4n) is 3.89. The van der Waals surface area contributed by atoms with E-state index in [4.69, 9.17) is 28.9 Å². The first-order chi connectivity index (χ1) is 16.4. The van der Waals surface area contributed by atoms with Crippen molar-refractivity contribution >= 4 is 46.2 Å². The van der Waals surface area contributed by atoms with E-state index in [9.17, 15) is 27.6 Å². The molecule has 35 heavy (non-hydrogen) atoms. The highest BCUT2D eigenvalue weighted by molar-refractivity contribution is 6.42. The van der Waals surface area contributed by atoms with E-state index in [1.807, 2.05) is 0 Å². The van der Waals surface area contributed by atoms with Gasteiger partial charge in [-0.1, -0.05) is 35.3 Å². The molecule has 0 aliphatic carbocycles. The van der Waals surface area contributed by atoms with Crippen LogP contribution in [0.4, 0.5) is 13.2 Å². The van der Waals surface area contributed by atoms with Gasteiger partial charge in [0.2, 0.25) is 11.7 Å². The number of amides is 1. The summed E-state index contributed by atoms with van der Waals surface area (Å²) in [5.74, 6) is -1.92. The number of alkyl halides is 3. The van der Waals surface area contributed by atoms with Gasteiger partial charge < -0.3 is 10.1 Å². The first-order valence-corrected chi connectivity index (χ1v) is 10.8. The van der Waals surface area contributed by atoms with Crippen LogP contribution in [-0.4, -0.2) is 21.9 Å². The van der Waals surface area contributed by atoms with Crippen LogP contribution in [0.25, 0.3) is 16.6 Å². The van der Waals surface area contributed by atoms with Crippen LogP contribution in [0.3, 0.4) is 0 Å². The Morgan fingerprint density at radius 2 is 1.63 bits per heavy atom. The number of nitrogens with two attached hydrogens (primary N) is 1. The van der Waals surface area contributed by atoms with E-state index in [0.717, 1.165) is 12.1 Å². The Hall–Kier alpha value is -3.62. The van der Waals surface area contributed by atoms with Gasteiger partial charge in [0.25, 0.3) is 0 Å². The van der Waals surface area contributed by atoms with Gasteiger partial charge in [-0.25, -0.2) is 0 Å². The van der Waals surface area contributed by atoms with Crippen molar-refractivity contribution in [3.63, 3.8) is 0 Å². The number of pyridine rings is 1. The van der Waals surface area contributed by atoms with E-state index in [1.54, 1.807) is 0 Å². The van der Waals surface area contributed by atoms with Gasteiger partial charge in [-0.2, -0.15) is 13.2 Å². The molecule has 2 aromatic heterocycles.